The fourth-order valence-electron chi connectivity index (χ4n) is 2.14. The maximum atomic E-state index is 6.25. The Morgan fingerprint density at radius 3 is 2.62 bits per heavy atom. The fourth-order valence-corrected chi connectivity index (χ4v) is 3.40. The van der Waals surface area contributed by atoms with Crippen molar-refractivity contribution in [2.45, 2.75) is 26.3 Å². The maximum Gasteiger partial charge on any atom is 0.179 e. The summed E-state index contributed by atoms with van der Waals surface area (Å²) in [6.07, 6.45) is 1.98. The average Bonchev–Trinajstić information content (AvgIpc) is 2.89. The van der Waals surface area contributed by atoms with Crippen LogP contribution in [0, 0.1) is 0 Å². The van der Waals surface area contributed by atoms with Crippen molar-refractivity contribution in [1.82, 2.24) is 4.98 Å². The number of aryl methyl sites for hydroxylation is 1. The van der Waals surface area contributed by atoms with Gasteiger partial charge >= 0.3 is 0 Å². The molecule has 4 nitrogen and oxygen atoms in total. The quantitative estimate of drug-likeness (QED) is 0.874. The van der Waals surface area contributed by atoms with E-state index in [4.69, 9.17) is 31.8 Å². The third kappa shape index (κ3) is 3.31. The minimum Gasteiger partial charge on any atom is -0.493 e. The number of thiazole rings is 1. The number of halogens is 1. The lowest BCUT2D eigenvalue weighted by atomic mass is 10.2. The van der Waals surface area contributed by atoms with Crippen molar-refractivity contribution in [3.63, 3.8) is 0 Å². The summed E-state index contributed by atoms with van der Waals surface area (Å²) in [6.45, 7) is 2.64. The molecule has 114 valence electrons. The summed E-state index contributed by atoms with van der Waals surface area (Å²) in [7, 11) is 3.16. The summed E-state index contributed by atoms with van der Waals surface area (Å²) in [6, 6.07) is 3.73. The summed E-state index contributed by atoms with van der Waals surface area (Å²) in [5, 5.41) is 1.41. The van der Waals surface area contributed by atoms with Crippen molar-refractivity contribution < 1.29 is 9.47 Å². The molecule has 0 aliphatic carbocycles. The molecule has 0 aliphatic heterocycles. The van der Waals surface area contributed by atoms with E-state index in [1.54, 1.807) is 25.6 Å². The average molecular weight is 327 g/mol. The van der Waals surface area contributed by atoms with Gasteiger partial charge in [0.05, 0.1) is 24.9 Å². The predicted octanol–water partition coefficient (Wildman–Crippen LogP) is 3.89. The zero-order valence-corrected chi connectivity index (χ0v) is 14.0. The van der Waals surface area contributed by atoms with Crippen LogP contribution in [0.1, 0.15) is 23.9 Å². The van der Waals surface area contributed by atoms with Crippen LogP contribution >= 0.6 is 22.9 Å². The number of hydrogen-bond donors (Lipinski definition) is 1. The summed E-state index contributed by atoms with van der Waals surface area (Å²) in [5.41, 5.74) is 7.79. The molecule has 1 aromatic carbocycles. The Morgan fingerprint density at radius 1 is 1.29 bits per heavy atom. The molecule has 0 unspecified atom stereocenters. The van der Waals surface area contributed by atoms with Crippen LogP contribution in [-0.4, -0.2) is 19.2 Å². The van der Waals surface area contributed by atoms with Crippen LogP contribution in [0.4, 0.5) is 0 Å². The Labute approximate surface area is 133 Å². The highest BCUT2D eigenvalue weighted by atomic mass is 35.5. The lowest BCUT2D eigenvalue weighted by Gasteiger charge is -2.10. The van der Waals surface area contributed by atoms with Crippen LogP contribution in [0.15, 0.2) is 12.1 Å². The smallest absolute Gasteiger partial charge is 0.179 e. The predicted molar refractivity (Wildman–Crippen MR) is 87.6 cm³/mol. The second-order valence-electron chi connectivity index (χ2n) is 4.54. The number of ether oxygens (including phenoxy) is 2. The van der Waals surface area contributed by atoms with Crippen LogP contribution in [0.25, 0.3) is 10.6 Å². The van der Waals surface area contributed by atoms with E-state index in [0.717, 1.165) is 34.0 Å². The van der Waals surface area contributed by atoms with Crippen LogP contribution < -0.4 is 15.2 Å². The lowest BCUT2D eigenvalue weighted by molar-refractivity contribution is 0.355. The first-order valence-electron chi connectivity index (χ1n) is 6.75. The molecule has 0 aliphatic rings. The van der Waals surface area contributed by atoms with Crippen molar-refractivity contribution in [3.8, 4) is 22.1 Å². The molecular weight excluding hydrogens is 308 g/mol. The molecule has 6 heteroatoms. The molecule has 2 aromatic rings. The zero-order chi connectivity index (χ0) is 15.4. The third-order valence-corrected chi connectivity index (χ3v) is 4.58. The molecule has 0 spiro atoms. The molecule has 0 saturated heterocycles. The second-order valence-corrected chi connectivity index (χ2v) is 6.03. The minimum absolute atomic E-state index is 0.508. The van der Waals surface area contributed by atoms with E-state index in [9.17, 15) is 0 Å². The van der Waals surface area contributed by atoms with Crippen LogP contribution in [0.3, 0.4) is 0 Å². The van der Waals surface area contributed by atoms with E-state index in [1.165, 1.54) is 0 Å². The van der Waals surface area contributed by atoms with Gasteiger partial charge in [0, 0.05) is 17.0 Å². The monoisotopic (exact) mass is 326 g/mol. The van der Waals surface area contributed by atoms with Crippen LogP contribution in [0.2, 0.25) is 5.02 Å². The zero-order valence-electron chi connectivity index (χ0n) is 12.4. The molecule has 1 heterocycles. The number of methoxy groups -OCH3 is 2. The number of nitrogens with two attached hydrogens (primary N) is 1. The normalized spacial score (nSPS) is 10.7. The van der Waals surface area contributed by atoms with Crippen LogP contribution in [0.5, 0.6) is 11.5 Å². The van der Waals surface area contributed by atoms with Crippen LogP contribution in [-0.2, 0) is 13.0 Å². The SMILES string of the molecule is CCCc1nc(-c2cc(Cl)c(OC)c(OC)c2)sc1CN. The first kappa shape index (κ1) is 16.1. The van der Waals surface area contributed by atoms with E-state index in [0.29, 0.717) is 23.1 Å². The number of hydrogen-bond acceptors (Lipinski definition) is 5. The summed E-state index contributed by atoms with van der Waals surface area (Å²) >= 11 is 7.85. The molecule has 2 rings (SSSR count). The number of benzene rings is 1. The van der Waals surface area contributed by atoms with Gasteiger partial charge in [0.2, 0.25) is 0 Å². The highest BCUT2D eigenvalue weighted by Gasteiger charge is 2.16. The van der Waals surface area contributed by atoms with Gasteiger partial charge in [0.15, 0.2) is 11.5 Å². The molecule has 0 radical (unpaired) electrons. The first-order chi connectivity index (χ1) is 10.1. The Bertz CT molecular complexity index is 628. The molecule has 1 aromatic heterocycles. The van der Waals surface area contributed by atoms with Crippen molar-refractivity contribution in [3.05, 3.63) is 27.7 Å². The van der Waals surface area contributed by atoms with Gasteiger partial charge in [0.25, 0.3) is 0 Å². The lowest BCUT2D eigenvalue weighted by Crippen LogP contribution is -1.97. The van der Waals surface area contributed by atoms with E-state index >= 15 is 0 Å². The van der Waals surface area contributed by atoms with E-state index < -0.39 is 0 Å². The number of rotatable bonds is 6. The second kappa shape index (κ2) is 7.11. The van der Waals surface area contributed by atoms with Crippen molar-refractivity contribution in [2.24, 2.45) is 5.73 Å². The van der Waals surface area contributed by atoms with E-state index in [1.807, 2.05) is 12.1 Å². The standard InChI is InChI=1S/C15H19ClN2O2S/c1-4-5-11-13(8-17)21-15(18-11)9-6-10(16)14(20-3)12(7-9)19-2/h6-7H,4-5,8,17H2,1-3H3. The Morgan fingerprint density at radius 2 is 2.05 bits per heavy atom. The first-order valence-corrected chi connectivity index (χ1v) is 7.94. The minimum atomic E-state index is 0.508. The van der Waals surface area contributed by atoms with Gasteiger partial charge in [-0.25, -0.2) is 4.98 Å². The van der Waals surface area contributed by atoms with E-state index in [-0.39, 0.29) is 0 Å². The maximum absolute atomic E-state index is 6.25. The van der Waals surface area contributed by atoms with Gasteiger partial charge < -0.3 is 15.2 Å². The summed E-state index contributed by atoms with van der Waals surface area (Å²) in [5.74, 6) is 1.13. The molecule has 0 atom stereocenters. The Balaban J connectivity index is 2.49. The van der Waals surface area contributed by atoms with Gasteiger partial charge in [-0.3, -0.25) is 0 Å². The summed E-state index contributed by atoms with van der Waals surface area (Å²) < 4.78 is 10.6. The van der Waals surface area contributed by atoms with Gasteiger partial charge in [-0.1, -0.05) is 24.9 Å². The van der Waals surface area contributed by atoms with Crippen molar-refractivity contribution in [2.75, 3.05) is 14.2 Å². The largest absolute Gasteiger partial charge is 0.493 e. The Kier molecular flexibility index (Phi) is 5.45. The molecule has 2 N–H and O–H groups in total. The third-order valence-electron chi connectivity index (χ3n) is 3.13. The topological polar surface area (TPSA) is 57.4 Å². The molecular formula is C15H19ClN2O2S. The van der Waals surface area contributed by atoms with Crippen molar-refractivity contribution in [1.29, 1.82) is 0 Å². The van der Waals surface area contributed by atoms with Gasteiger partial charge in [0.1, 0.15) is 5.01 Å². The molecule has 0 saturated carbocycles. The highest BCUT2D eigenvalue weighted by Crippen LogP contribution is 2.40. The molecule has 21 heavy (non-hydrogen) atoms. The van der Waals surface area contributed by atoms with Gasteiger partial charge in [-0.2, -0.15) is 0 Å². The fraction of sp³-hybridized carbons (Fsp3) is 0.400. The van der Waals surface area contributed by atoms with Gasteiger partial charge in [-0.05, 0) is 18.6 Å². The highest BCUT2D eigenvalue weighted by molar-refractivity contribution is 7.15. The molecule has 0 fully saturated rings. The van der Waals surface area contributed by atoms with E-state index in [2.05, 4.69) is 6.92 Å². The number of nitrogens with zero attached hydrogens (tertiary/aromatic N) is 1. The molecule has 0 amide bonds. The Hall–Kier alpha value is -1.30. The summed E-state index contributed by atoms with van der Waals surface area (Å²) in [4.78, 5) is 5.82. The van der Waals surface area contributed by atoms with Crippen molar-refractivity contribution >= 4 is 22.9 Å². The molecule has 0 bridgehead atoms. The number of aromatic nitrogens is 1. The van der Waals surface area contributed by atoms with Gasteiger partial charge in [-0.15, -0.1) is 11.3 Å².